The normalized spacial score (nSPS) is 10.4. The Kier molecular flexibility index (Phi) is 9.92. The van der Waals surface area contributed by atoms with Gasteiger partial charge >= 0.3 is 11.9 Å². The molecule has 0 aliphatic carbocycles. The first kappa shape index (κ1) is 26.5. The van der Waals surface area contributed by atoms with Crippen molar-refractivity contribution in [1.29, 1.82) is 0 Å². The zero-order chi connectivity index (χ0) is 26.4. The fourth-order valence-electron chi connectivity index (χ4n) is 3.83. The summed E-state index contributed by atoms with van der Waals surface area (Å²) >= 11 is 0. The highest BCUT2D eigenvalue weighted by atomic mass is 16.6. The van der Waals surface area contributed by atoms with E-state index in [1.807, 2.05) is 109 Å². The first-order valence-electron chi connectivity index (χ1n) is 12.6. The molecular formula is C32H30O6. The molecule has 4 aromatic rings. The molecule has 0 unspecified atom stereocenters. The zero-order valence-electron chi connectivity index (χ0n) is 21.1. The van der Waals surface area contributed by atoms with E-state index in [-0.39, 0.29) is 26.4 Å². The molecule has 6 nitrogen and oxygen atoms in total. The molecule has 4 rings (SSSR count). The minimum absolute atomic E-state index is 0.180. The molecule has 0 fully saturated rings. The summed E-state index contributed by atoms with van der Waals surface area (Å²) < 4.78 is 21.9. The number of ether oxygens (including phenoxy) is 4. The molecule has 0 bridgehead atoms. The zero-order valence-corrected chi connectivity index (χ0v) is 21.1. The van der Waals surface area contributed by atoms with Crippen LogP contribution < -0.4 is 9.47 Å². The van der Waals surface area contributed by atoms with Gasteiger partial charge in [-0.15, -0.1) is 0 Å². The summed E-state index contributed by atoms with van der Waals surface area (Å²) in [6, 6.07) is 34.8. The van der Waals surface area contributed by atoms with Gasteiger partial charge in [0.05, 0.1) is 13.2 Å². The van der Waals surface area contributed by atoms with Crippen molar-refractivity contribution in [2.45, 2.75) is 12.8 Å². The summed E-state index contributed by atoms with van der Waals surface area (Å²) in [5.41, 5.74) is 3.85. The lowest BCUT2D eigenvalue weighted by atomic mass is 10.1. The van der Waals surface area contributed by atoms with E-state index in [0.717, 1.165) is 22.3 Å². The van der Waals surface area contributed by atoms with Crippen LogP contribution in [0.15, 0.2) is 109 Å². The molecule has 6 heteroatoms. The minimum Gasteiger partial charge on any atom is -0.481 e. The number of para-hydroxylation sites is 2. The van der Waals surface area contributed by atoms with Gasteiger partial charge in [-0.2, -0.15) is 0 Å². The molecule has 0 spiro atoms. The van der Waals surface area contributed by atoms with Crippen LogP contribution >= 0.6 is 0 Å². The lowest BCUT2D eigenvalue weighted by Crippen LogP contribution is -2.17. The molecule has 0 heterocycles. The number of rotatable bonds is 13. The molecule has 0 saturated carbocycles. The fraction of sp³-hybridized carbons (Fsp3) is 0.188. The Labute approximate surface area is 222 Å². The highest BCUT2D eigenvalue weighted by Crippen LogP contribution is 2.30. The molecule has 194 valence electrons. The van der Waals surface area contributed by atoms with Gasteiger partial charge in [-0.05, 0) is 36.1 Å². The summed E-state index contributed by atoms with van der Waals surface area (Å²) in [5.74, 6) is 0.345. The Hall–Kier alpha value is -4.58. The molecule has 0 aliphatic rings. The van der Waals surface area contributed by atoms with E-state index in [4.69, 9.17) is 18.9 Å². The second-order valence-corrected chi connectivity index (χ2v) is 8.45. The Balaban J connectivity index is 1.11. The highest BCUT2D eigenvalue weighted by Gasteiger charge is 2.11. The quantitative estimate of drug-likeness (QED) is 0.154. The summed E-state index contributed by atoms with van der Waals surface area (Å²) in [6.45, 7) is 0.0866. The molecule has 0 atom stereocenters. The van der Waals surface area contributed by atoms with E-state index >= 15 is 0 Å². The second kappa shape index (κ2) is 14.2. The average molecular weight is 511 g/mol. The van der Waals surface area contributed by atoms with Gasteiger partial charge in [0.1, 0.15) is 11.5 Å². The summed E-state index contributed by atoms with van der Waals surface area (Å²) in [6.07, 6.45) is 1.13. The van der Waals surface area contributed by atoms with E-state index in [1.54, 1.807) is 0 Å². The topological polar surface area (TPSA) is 71.1 Å². The monoisotopic (exact) mass is 510 g/mol. The number of unbranched alkanes of at least 4 members (excludes halogenated alkanes) is 1. The van der Waals surface area contributed by atoms with Crippen molar-refractivity contribution in [3.63, 3.8) is 0 Å². The lowest BCUT2D eigenvalue weighted by molar-refractivity contribution is -0.148. The fourth-order valence-corrected chi connectivity index (χ4v) is 3.83. The largest absolute Gasteiger partial charge is 0.481 e. The second-order valence-electron chi connectivity index (χ2n) is 8.45. The van der Waals surface area contributed by atoms with Crippen molar-refractivity contribution in [2.24, 2.45) is 0 Å². The van der Waals surface area contributed by atoms with Crippen LogP contribution in [-0.4, -0.2) is 38.4 Å². The number of carbonyl (C=O) groups excluding carboxylic acids is 2. The highest BCUT2D eigenvalue weighted by molar-refractivity contribution is 5.74. The Morgan fingerprint density at radius 1 is 0.474 bits per heavy atom. The van der Waals surface area contributed by atoms with Crippen LogP contribution in [0.4, 0.5) is 0 Å². The van der Waals surface area contributed by atoms with Gasteiger partial charge in [0.25, 0.3) is 0 Å². The molecule has 0 aromatic heterocycles. The van der Waals surface area contributed by atoms with Crippen LogP contribution in [0.25, 0.3) is 22.3 Å². The van der Waals surface area contributed by atoms with Crippen molar-refractivity contribution < 1.29 is 28.5 Å². The van der Waals surface area contributed by atoms with E-state index in [0.29, 0.717) is 24.3 Å². The van der Waals surface area contributed by atoms with Crippen molar-refractivity contribution in [3.05, 3.63) is 109 Å². The third kappa shape index (κ3) is 7.96. The third-order valence-electron chi connectivity index (χ3n) is 5.70. The van der Waals surface area contributed by atoms with Gasteiger partial charge in [-0.25, -0.2) is 9.59 Å². The smallest absolute Gasteiger partial charge is 0.344 e. The van der Waals surface area contributed by atoms with Gasteiger partial charge in [-0.3, -0.25) is 0 Å². The minimum atomic E-state index is -0.449. The summed E-state index contributed by atoms with van der Waals surface area (Å²) in [4.78, 5) is 24.2. The van der Waals surface area contributed by atoms with Gasteiger partial charge in [-0.1, -0.05) is 97.1 Å². The van der Waals surface area contributed by atoms with Crippen LogP contribution in [0.5, 0.6) is 11.5 Å². The first-order valence-corrected chi connectivity index (χ1v) is 12.6. The van der Waals surface area contributed by atoms with Crippen LogP contribution in [0, 0.1) is 0 Å². The van der Waals surface area contributed by atoms with Crippen LogP contribution in [0.2, 0.25) is 0 Å². The van der Waals surface area contributed by atoms with E-state index in [1.165, 1.54) is 0 Å². The van der Waals surface area contributed by atoms with Crippen molar-refractivity contribution in [1.82, 2.24) is 0 Å². The predicted octanol–water partition coefficient (Wildman–Crippen LogP) is 6.35. The Morgan fingerprint density at radius 2 is 0.842 bits per heavy atom. The van der Waals surface area contributed by atoms with Gasteiger partial charge in [0, 0.05) is 11.1 Å². The maximum atomic E-state index is 12.1. The molecule has 0 aliphatic heterocycles. The molecule has 4 aromatic carbocycles. The maximum Gasteiger partial charge on any atom is 0.344 e. The van der Waals surface area contributed by atoms with E-state index in [2.05, 4.69) is 0 Å². The molecule has 0 radical (unpaired) electrons. The molecule has 0 amide bonds. The Bertz CT molecular complexity index is 1200. The van der Waals surface area contributed by atoms with Gasteiger partial charge in [0.15, 0.2) is 13.2 Å². The van der Waals surface area contributed by atoms with Crippen molar-refractivity contribution in [2.75, 3.05) is 26.4 Å². The number of benzene rings is 4. The number of hydrogen-bond acceptors (Lipinski definition) is 6. The van der Waals surface area contributed by atoms with Crippen LogP contribution in [-0.2, 0) is 19.1 Å². The average Bonchev–Trinajstić information content (AvgIpc) is 2.98. The predicted molar refractivity (Wildman–Crippen MR) is 146 cm³/mol. The number of esters is 2. The molecule has 0 saturated heterocycles. The lowest BCUT2D eigenvalue weighted by Gasteiger charge is -2.12. The summed E-state index contributed by atoms with van der Waals surface area (Å²) in [7, 11) is 0. The standard InChI is InChI=1S/C32H30O6/c33-31(23-37-29-19-9-7-17-27(29)25-13-3-1-4-14-25)35-21-11-12-22-36-32(34)24-38-30-20-10-8-18-28(30)26-15-5-2-6-16-26/h1-10,13-20H,11-12,21-24H2. The van der Waals surface area contributed by atoms with Crippen LogP contribution in [0.1, 0.15) is 12.8 Å². The SMILES string of the molecule is O=C(COc1ccccc1-c1ccccc1)OCCCCOC(=O)COc1ccccc1-c1ccccc1. The molecule has 38 heavy (non-hydrogen) atoms. The van der Waals surface area contributed by atoms with E-state index < -0.39 is 11.9 Å². The van der Waals surface area contributed by atoms with Gasteiger partial charge < -0.3 is 18.9 Å². The third-order valence-corrected chi connectivity index (χ3v) is 5.70. The first-order chi connectivity index (χ1) is 18.7. The van der Waals surface area contributed by atoms with Crippen molar-refractivity contribution in [3.8, 4) is 33.8 Å². The Morgan fingerprint density at radius 3 is 1.26 bits per heavy atom. The number of carbonyl (C=O) groups is 2. The number of hydrogen-bond donors (Lipinski definition) is 0. The van der Waals surface area contributed by atoms with Crippen LogP contribution in [0.3, 0.4) is 0 Å². The molecular weight excluding hydrogens is 480 g/mol. The summed E-state index contributed by atoms with van der Waals surface area (Å²) in [5, 5.41) is 0. The van der Waals surface area contributed by atoms with Crippen molar-refractivity contribution >= 4 is 11.9 Å². The van der Waals surface area contributed by atoms with Gasteiger partial charge in [0.2, 0.25) is 0 Å². The maximum absolute atomic E-state index is 12.1. The molecule has 0 N–H and O–H groups in total. The van der Waals surface area contributed by atoms with E-state index in [9.17, 15) is 9.59 Å².